The van der Waals surface area contributed by atoms with Gasteiger partial charge in [-0.3, -0.25) is 14.9 Å². The molecular weight excluding hydrogens is 466 g/mol. The number of rotatable bonds is 9. The van der Waals surface area contributed by atoms with Crippen molar-refractivity contribution in [3.8, 4) is 11.1 Å². The zero-order valence-electron chi connectivity index (χ0n) is 19.5. The van der Waals surface area contributed by atoms with E-state index in [-0.39, 0.29) is 24.2 Å². The van der Waals surface area contributed by atoms with Crippen LogP contribution in [0, 0.1) is 12.8 Å². The highest BCUT2D eigenvalue weighted by atomic mass is 32.1. The minimum atomic E-state index is -0.939. The highest BCUT2D eigenvalue weighted by Gasteiger charge is 2.29. The van der Waals surface area contributed by atoms with Crippen molar-refractivity contribution in [3.63, 3.8) is 0 Å². The lowest BCUT2D eigenvalue weighted by atomic mass is 9.98. The normalized spacial score (nSPS) is 13.0. The van der Waals surface area contributed by atoms with Gasteiger partial charge in [-0.15, -0.1) is 0 Å². The third kappa shape index (κ3) is 5.35. The van der Waals surface area contributed by atoms with Crippen molar-refractivity contribution in [1.29, 1.82) is 0 Å². The molecule has 1 aliphatic rings. The van der Waals surface area contributed by atoms with Crippen LogP contribution in [0.4, 0.5) is 9.93 Å². The van der Waals surface area contributed by atoms with E-state index in [1.807, 2.05) is 43.3 Å². The molecule has 0 spiro atoms. The lowest BCUT2D eigenvalue weighted by Crippen LogP contribution is -2.32. The first-order valence-corrected chi connectivity index (χ1v) is 12.3. The summed E-state index contributed by atoms with van der Waals surface area (Å²) in [5.74, 6) is -2.05. The van der Waals surface area contributed by atoms with E-state index >= 15 is 0 Å². The first-order valence-electron chi connectivity index (χ1n) is 11.5. The van der Waals surface area contributed by atoms with Gasteiger partial charge in [-0.25, -0.2) is 9.78 Å². The summed E-state index contributed by atoms with van der Waals surface area (Å²) in [5.41, 5.74) is 4.98. The van der Waals surface area contributed by atoms with Crippen molar-refractivity contribution < 1.29 is 24.2 Å². The number of aryl methyl sites for hydroxylation is 1. The Labute approximate surface area is 207 Å². The number of hydrogen-bond donors (Lipinski definition) is 3. The molecule has 9 heteroatoms. The molecule has 1 heterocycles. The molecule has 1 aliphatic carbocycles. The molecule has 8 nitrogen and oxygen atoms in total. The lowest BCUT2D eigenvalue weighted by molar-refractivity contribution is -0.141. The van der Waals surface area contributed by atoms with E-state index in [1.165, 1.54) is 0 Å². The van der Waals surface area contributed by atoms with Crippen LogP contribution in [0.5, 0.6) is 0 Å². The smallest absolute Gasteiger partial charge is 0.413 e. The standard InChI is InChI=1S/C26H27N3O5S/c1-3-8-16(24(31)32)13-27-23(30)22-15(2)28-25(35-22)29-26(33)34-14-21-19-11-6-4-9-17(19)18-10-5-7-12-20(18)21/h4-7,9-12,16,21H,3,8,13-14H2,1-2H3,(H,27,30)(H,31,32)(H,28,29,33). The molecule has 0 bridgehead atoms. The second-order valence-corrected chi connectivity index (χ2v) is 9.42. The second-order valence-electron chi connectivity index (χ2n) is 8.42. The number of benzene rings is 2. The molecule has 1 unspecified atom stereocenters. The first-order chi connectivity index (χ1) is 16.9. The number of hydrogen-bond acceptors (Lipinski definition) is 6. The van der Waals surface area contributed by atoms with Gasteiger partial charge in [-0.2, -0.15) is 0 Å². The Morgan fingerprint density at radius 3 is 2.31 bits per heavy atom. The van der Waals surface area contributed by atoms with Crippen LogP contribution in [0.3, 0.4) is 0 Å². The highest BCUT2D eigenvalue weighted by molar-refractivity contribution is 7.17. The number of amides is 2. The van der Waals surface area contributed by atoms with Crippen LogP contribution >= 0.6 is 11.3 Å². The van der Waals surface area contributed by atoms with Crippen molar-refractivity contribution >= 4 is 34.4 Å². The van der Waals surface area contributed by atoms with Gasteiger partial charge in [0.15, 0.2) is 5.13 Å². The minimum Gasteiger partial charge on any atom is -0.481 e. The van der Waals surface area contributed by atoms with Crippen molar-refractivity contribution in [2.24, 2.45) is 5.92 Å². The number of thiazole rings is 1. The Morgan fingerprint density at radius 1 is 1.09 bits per heavy atom. The number of aliphatic carboxylic acids is 1. The zero-order valence-corrected chi connectivity index (χ0v) is 20.4. The summed E-state index contributed by atoms with van der Waals surface area (Å²) >= 11 is 1.02. The number of carbonyl (C=O) groups is 3. The maximum Gasteiger partial charge on any atom is 0.413 e. The molecular formula is C26H27N3O5S. The van der Waals surface area contributed by atoms with Gasteiger partial charge in [0.1, 0.15) is 11.5 Å². The summed E-state index contributed by atoms with van der Waals surface area (Å²) < 4.78 is 5.54. The fourth-order valence-corrected chi connectivity index (χ4v) is 5.21. The molecule has 0 saturated carbocycles. The van der Waals surface area contributed by atoms with Crippen LogP contribution in [0.1, 0.15) is 52.2 Å². The molecule has 0 saturated heterocycles. The van der Waals surface area contributed by atoms with E-state index in [0.29, 0.717) is 23.4 Å². The summed E-state index contributed by atoms with van der Waals surface area (Å²) in [6.07, 6.45) is 0.536. The van der Waals surface area contributed by atoms with E-state index in [1.54, 1.807) is 6.92 Å². The first kappa shape index (κ1) is 24.4. The van der Waals surface area contributed by atoms with E-state index in [9.17, 15) is 19.5 Å². The van der Waals surface area contributed by atoms with Crippen LogP contribution in [-0.2, 0) is 9.53 Å². The molecule has 0 radical (unpaired) electrons. The largest absolute Gasteiger partial charge is 0.481 e. The summed E-state index contributed by atoms with van der Waals surface area (Å²) in [6.45, 7) is 3.77. The maximum atomic E-state index is 12.6. The molecule has 0 aliphatic heterocycles. The second kappa shape index (κ2) is 10.7. The minimum absolute atomic E-state index is 0.0362. The van der Waals surface area contributed by atoms with Gasteiger partial charge in [-0.1, -0.05) is 73.2 Å². The van der Waals surface area contributed by atoms with Gasteiger partial charge < -0.3 is 15.2 Å². The summed E-state index contributed by atoms with van der Waals surface area (Å²) in [6, 6.07) is 16.2. The van der Waals surface area contributed by atoms with Crippen molar-refractivity contribution in [2.45, 2.75) is 32.6 Å². The Balaban J connectivity index is 1.36. The zero-order chi connectivity index (χ0) is 24.9. The molecule has 182 valence electrons. The topological polar surface area (TPSA) is 118 Å². The van der Waals surface area contributed by atoms with E-state index in [0.717, 1.165) is 33.6 Å². The Kier molecular flexibility index (Phi) is 7.45. The maximum absolute atomic E-state index is 12.6. The number of carboxylic acid groups (broad SMARTS) is 1. The summed E-state index contributed by atoms with van der Waals surface area (Å²) in [4.78, 5) is 40.9. The van der Waals surface area contributed by atoms with Gasteiger partial charge >= 0.3 is 12.1 Å². The van der Waals surface area contributed by atoms with Crippen LogP contribution in [0.15, 0.2) is 48.5 Å². The van der Waals surface area contributed by atoms with Crippen molar-refractivity contribution in [2.75, 3.05) is 18.5 Å². The van der Waals surface area contributed by atoms with Crippen LogP contribution in [-0.4, -0.2) is 41.2 Å². The number of fused-ring (bicyclic) bond motifs is 3. The van der Waals surface area contributed by atoms with Gasteiger partial charge in [0.25, 0.3) is 5.91 Å². The molecule has 2 amide bonds. The third-order valence-corrected chi connectivity index (χ3v) is 7.12. The van der Waals surface area contributed by atoms with Crippen molar-refractivity contribution in [1.82, 2.24) is 10.3 Å². The number of carboxylic acids is 1. The predicted octanol–water partition coefficient (Wildman–Crippen LogP) is 5.04. The highest BCUT2D eigenvalue weighted by Crippen LogP contribution is 2.44. The van der Waals surface area contributed by atoms with Crippen LogP contribution in [0.25, 0.3) is 11.1 Å². The molecule has 1 atom stereocenters. The quantitative estimate of drug-likeness (QED) is 0.384. The van der Waals surface area contributed by atoms with Gasteiger partial charge in [0.2, 0.25) is 0 Å². The lowest BCUT2D eigenvalue weighted by Gasteiger charge is -2.14. The number of aromatic nitrogens is 1. The SMILES string of the molecule is CCCC(CNC(=O)c1sc(NC(=O)OCC2c3ccccc3-c3ccccc32)nc1C)C(=O)O. The van der Waals surface area contributed by atoms with Crippen molar-refractivity contribution in [3.05, 3.63) is 70.2 Å². The number of nitrogens with one attached hydrogen (secondary N) is 2. The molecule has 1 aromatic heterocycles. The average molecular weight is 494 g/mol. The monoisotopic (exact) mass is 493 g/mol. The molecule has 35 heavy (non-hydrogen) atoms. The van der Waals surface area contributed by atoms with Gasteiger partial charge in [0.05, 0.1) is 11.6 Å². The summed E-state index contributed by atoms with van der Waals surface area (Å²) in [5, 5.41) is 14.8. The Bertz CT molecular complexity index is 1210. The molecule has 3 N–H and O–H groups in total. The molecule has 3 aromatic rings. The fraction of sp³-hybridized carbons (Fsp3) is 0.308. The van der Waals surface area contributed by atoms with Crippen LogP contribution < -0.4 is 10.6 Å². The number of anilines is 1. The fourth-order valence-electron chi connectivity index (χ4n) is 4.34. The third-order valence-electron chi connectivity index (χ3n) is 6.05. The number of ether oxygens (including phenoxy) is 1. The molecule has 2 aromatic carbocycles. The van der Waals surface area contributed by atoms with Gasteiger partial charge in [-0.05, 0) is 35.6 Å². The van der Waals surface area contributed by atoms with Gasteiger partial charge in [0, 0.05) is 12.5 Å². The number of carbonyl (C=O) groups excluding carboxylic acids is 2. The van der Waals surface area contributed by atoms with E-state index in [4.69, 9.17) is 4.74 Å². The Morgan fingerprint density at radius 2 is 1.71 bits per heavy atom. The molecule has 0 fully saturated rings. The molecule has 4 rings (SSSR count). The van der Waals surface area contributed by atoms with E-state index < -0.39 is 23.9 Å². The predicted molar refractivity (Wildman–Crippen MR) is 134 cm³/mol. The van der Waals surface area contributed by atoms with E-state index in [2.05, 4.69) is 27.8 Å². The Hall–Kier alpha value is -3.72. The number of nitrogens with zero attached hydrogens (tertiary/aromatic N) is 1. The summed E-state index contributed by atoms with van der Waals surface area (Å²) in [7, 11) is 0. The van der Waals surface area contributed by atoms with Crippen LogP contribution in [0.2, 0.25) is 0 Å². The average Bonchev–Trinajstić information content (AvgIpc) is 3.37.